The molecule has 192 valence electrons. The van der Waals surface area contributed by atoms with Gasteiger partial charge in [-0.25, -0.2) is 14.4 Å². The minimum absolute atomic E-state index is 0.0473. The van der Waals surface area contributed by atoms with Gasteiger partial charge in [0, 0.05) is 23.5 Å². The molecule has 1 saturated carbocycles. The number of hydrogen-bond donors (Lipinski definition) is 2. The molecule has 0 bridgehead atoms. The minimum atomic E-state index is -0.525. The third-order valence-corrected chi connectivity index (χ3v) is 7.81. The molecule has 2 aliphatic rings. The van der Waals surface area contributed by atoms with Crippen molar-refractivity contribution in [2.45, 2.75) is 56.7 Å². The number of halogens is 2. The van der Waals surface area contributed by atoms with Crippen LogP contribution >= 0.6 is 11.6 Å². The summed E-state index contributed by atoms with van der Waals surface area (Å²) in [5.74, 6) is 1.22. The van der Waals surface area contributed by atoms with E-state index < -0.39 is 5.82 Å². The van der Waals surface area contributed by atoms with Crippen molar-refractivity contribution in [2.75, 3.05) is 32.6 Å². The molecule has 1 aliphatic heterocycles. The maximum atomic E-state index is 14.5. The Bertz CT molecular complexity index is 1200. The smallest absolute Gasteiger partial charge is 0.165 e. The van der Waals surface area contributed by atoms with Crippen LogP contribution in [0.25, 0.3) is 10.9 Å². The van der Waals surface area contributed by atoms with Crippen molar-refractivity contribution in [3.8, 4) is 11.5 Å². The lowest BCUT2D eigenvalue weighted by atomic mass is 9.90. The fraction of sp³-hybridized carbons (Fsp3) is 0.481. The van der Waals surface area contributed by atoms with E-state index in [1.54, 1.807) is 19.2 Å². The molecule has 0 atom stereocenters. The van der Waals surface area contributed by atoms with E-state index >= 15 is 0 Å². The van der Waals surface area contributed by atoms with Gasteiger partial charge in [0.1, 0.15) is 12.1 Å². The van der Waals surface area contributed by atoms with Gasteiger partial charge in [0.15, 0.2) is 17.3 Å². The zero-order valence-corrected chi connectivity index (χ0v) is 21.5. The maximum Gasteiger partial charge on any atom is 0.165 e. The van der Waals surface area contributed by atoms with Crippen molar-refractivity contribution in [3.05, 3.63) is 47.5 Å². The van der Waals surface area contributed by atoms with E-state index in [1.807, 2.05) is 12.1 Å². The van der Waals surface area contributed by atoms with E-state index in [-0.39, 0.29) is 16.8 Å². The van der Waals surface area contributed by atoms with Crippen molar-refractivity contribution in [1.82, 2.24) is 20.2 Å². The van der Waals surface area contributed by atoms with E-state index in [0.29, 0.717) is 40.3 Å². The third kappa shape index (κ3) is 5.36. The number of piperidine rings is 1. The van der Waals surface area contributed by atoms with Crippen molar-refractivity contribution in [1.29, 1.82) is 0 Å². The van der Waals surface area contributed by atoms with Gasteiger partial charge in [-0.05, 0) is 76.9 Å². The molecule has 0 unspecified atom stereocenters. The lowest BCUT2D eigenvalue weighted by molar-refractivity contribution is 0.0702. The van der Waals surface area contributed by atoms with Crippen LogP contribution < -0.4 is 20.1 Å². The van der Waals surface area contributed by atoms with Gasteiger partial charge in [-0.3, -0.25) is 0 Å². The second-order valence-electron chi connectivity index (χ2n) is 9.62. The van der Waals surface area contributed by atoms with Crippen LogP contribution in [-0.4, -0.2) is 60.3 Å². The van der Waals surface area contributed by atoms with Crippen molar-refractivity contribution in [3.63, 3.8) is 0 Å². The molecule has 1 saturated heterocycles. The van der Waals surface area contributed by atoms with Gasteiger partial charge < -0.3 is 25.0 Å². The van der Waals surface area contributed by atoms with E-state index in [0.717, 1.165) is 25.7 Å². The number of nitrogens with zero attached hydrogens (tertiary/aromatic N) is 3. The van der Waals surface area contributed by atoms with Crippen LogP contribution in [0.5, 0.6) is 11.5 Å². The molecule has 2 fully saturated rings. The number of nitrogens with one attached hydrogen (secondary N) is 2. The summed E-state index contributed by atoms with van der Waals surface area (Å²) >= 11 is 5.95. The molecular weight excluding hydrogens is 481 g/mol. The molecule has 2 N–H and O–H groups in total. The summed E-state index contributed by atoms with van der Waals surface area (Å²) in [6.07, 6.45) is 8.27. The predicted octanol–water partition coefficient (Wildman–Crippen LogP) is 5.55. The monoisotopic (exact) mass is 513 g/mol. The number of aromatic nitrogens is 2. The van der Waals surface area contributed by atoms with Crippen LogP contribution in [0.3, 0.4) is 0 Å². The second kappa shape index (κ2) is 11.2. The summed E-state index contributed by atoms with van der Waals surface area (Å²) in [6, 6.07) is 9.83. The number of rotatable bonds is 7. The van der Waals surface area contributed by atoms with Crippen molar-refractivity contribution in [2.24, 2.45) is 0 Å². The van der Waals surface area contributed by atoms with Crippen LogP contribution in [0.4, 0.5) is 15.9 Å². The molecule has 9 heteroatoms. The number of hydrogen-bond acceptors (Lipinski definition) is 7. The van der Waals surface area contributed by atoms with E-state index in [9.17, 15) is 4.39 Å². The molecule has 0 radical (unpaired) electrons. The number of benzene rings is 2. The molecule has 0 spiro atoms. The highest BCUT2D eigenvalue weighted by atomic mass is 35.5. The number of likely N-dealkylation sites (tertiary alicyclic amines) is 1. The van der Waals surface area contributed by atoms with E-state index in [1.165, 1.54) is 38.3 Å². The Morgan fingerprint density at radius 3 is 2.53 bits per heavy atom. The first-order chi connectivity index (χ1) is 17.6. The predicted molar refractivity (Wildman–Crippen MR) is 141 cm³/mol. The van der Waals surface area contributed by atoms with Gasteiger partial charge in [-0.15, -0.1) is 0 Å². The highest BCUT2D eigenvalue weighted by molar-refractivity contribution is 6.31. The molecular formula is C27H33ClFN5O2. The fourth-order valence-corrected chi connectivity index (χ4v) is 5.58. The summed E-state index contributed by atoms with van der Waals surface area (Å²) in [5.41, 5.74) is 0.922. The molecule has 2 aromatic carbocycles. The van der Waals surface area contributed by atoms with Crippen LogP contribution in [0.2, 0.25) is 5.02 Å². The molecule has 5 rings (SSSR count). The largest absolute Gasteiger partial charge is 0.493 e. The van der Waals surface area contributed by atoms with Crippen LogP contribution in [0.1, 0.15) is 38.5 Å². The van der Waals surface area contributed by atoms with Gasteiger partial charge in [0.05, 0.1) is 29.4 Å². The highest BCUT2D eigenvalue weighted by Gasteiger charge is 2.30. The Morgan fingerprint density at radius 2 is 1.81 bits per heavy atom. The summed E-state index contributed by atoms with van der Waals surface area (Å²) in [7, 11) is 3.69. The van der Waals surface area contributed by atoms with Gasteiger partial charge in [0.2, 0.25) is 0 Å². The number of fused-ring (bicyclic) bond motifs is 1. The lowest BCUT2D eigenvalue weighted by Gasteiger charge is -2.40. The Hall–Kier alpha value is -2.68. The maximum absolute atomic E-state index is 14.5. The van der Waals surface area contributed by atoms with Crippen LogP contribution in [-0.2, 0) is 0 Å². The standard InChI is InChI=1S/C27H33ClFN5O2/c1-30-17-10-12-34(13-11-17)18-6-8-19(9-7-18)36-25-14-20-23(15-24(25)35-2)31-16-32-27(20)33-22-5-3-4-21(28)26(22)29/h3-5,14-19,30H,6-13H2,1-2H3,(H,31,32,33). The first-order valence-corrected chi connectivity index (χ1v) is 13.0. The van der Waals surface area contributed by atoms with E-state index in [2.05, 4.69) is 32.5 Å². The SMILES string of the molecule is CNC1CCN(C2CCC(Oc3cc4c(Nc5cccc(Cl)c5F)ncnc4cc3OC)CC2)CC1. The fourth-order valence-electron chi connectivity index (χ4n) is 5.40. The first-order valence-electron chi connectivity index (χ1n) is 12.7. The molecule has 2 heterocycles. The first kappa shape index (κ1) is 25.0. The number of ether oxygens (including phenoxy) is 2. The lowest BCUT2D eigenvalue weighted by Crippen LogP contribution is -2.47. The Kier molecular flexibility index (Phi) is 7.74. The average Bonchev–Trinajstić information content (AvgIpc) is 2.91. The molecule has 0 amide bonds. The molecule has 36 heavy (non-hydrogen) atoms. The van der Waals surface area contributed by atoms with Gasteiger partial charge >= 0.3 is 0 Å². The number of anilines is 2. The van der Waals surface area contributed by atoms with Gasteiger partial charge in [0.25, 0.3) is 0 Å². The van der Waals surface area contributed by atoms with Gasteiger partial charge in [-0.1, -0.05) is 17.7 Å². The third-order valence-electron chi connectivity index (χ3n) is 7.52. The zero-order chi connectivity index (χ0) is 25.1. The molecule has 1 aliphatic carbocycles. The second-order valence-corrected chi connectivity index (χ2v) is 10.0. The topological polar surface area (TPSA) is 71.5 Å². The summed E-state index contributed by atoms with van der Waals surface area (Å²) < 4.78 is 26.6. The van der Waals surface area contributed by atoms with E-state index in [4.69, 9.17) is 21.1 Å². The minimum Gasteiger partial charge on any atom is -0.493 e. The zero-order valence-electron chi connectivity index (χ0n) is 20.8. The number of methoxy groups -OCH3 is 1. The molecule has 1 aromatic heterocycles. The molecule has 7 nitrogen and oxygen atoms in total. The molecule has 3 aromatic rings. The van der Waals surface area contributed by atoms with Gasteiger partial charge in [-0.2, -0.15) is 0 Å². The summed E-state index contributed by atoms with van der Waals surface area (Å²) in [5, 5.41) is 7.23. The van der Waals surface area contributed by atoms with Crippen molar-refractivity contribution < 1.29 is 13.9 Å². The average molecular weight is 514 g/mol. The Balaban J connectivity index is 1.31. The quantitative estimate of drug-likeness (QED) is 0.429. The van der Waals surface area contributed by atoms with Crippen LogP contribution in [0.15, 0.2) is 36.7 Å². The van der Waals surface area contributed by atoms with Crippen molar-refractivity contribution >= 4 is 34.0 Å². The Morgan fingerprint density at radius 1 is 1.03 bits per heavy atom. The summed E-state index contributed by atoms with van der Waals surface area (Å²) in [6.45, 7) is 2.34. The highest BCUT2D eigenvalue weighted by Crippen LogP contribution is 2.38. The van der Waals surface area contributed by atoms with Crippen LogP contribution in [0, 0.1) is 5.82 Å². The summed E-state index contributed by atoms with van der Waals surface area (Å²) in [4.78, 5) is 11.4. The Labute approximate surface area is 216 Å². The normalized spacial score (nSPS) is 21.4.